The smallest absolute Gasteiger partial charge is 0.417 e. The molecule has 0 aliphatic heterocycles. The monoisotopic (exact) mass is 425 g/mol. The predicted molar refractivity (Wildman–Crippen MR) is 101 cm³/mol. The van der Waals surface area contributed by atoms with E-state index in [1.807, 2.05) is 37.3 Å². The van der Waals surface area contributed by atoms with Crippen molar-refractivity contribution in [2.75, 3.05) is 11.9 Å². The summed E-state index contributed by atoms with van der Waals surface area (Å²) >= 11 is 5.72. The van der Waals surface area contributed by atoms with Gasteiger partial charge in [0.25, 0.3) is 5.91 Å². The molecule has 3 aromatic rings. The minimum absolute atomic E-state index is 0.0914. The van der Waals surface area contributed by atoms with Gasteiger partial charge in [-0.1, -0.05) is 29.8 Å². The van der Waals surface area contributed by atoms with Crippen molar-refractivity contribution in [3.63, 3.8) is 0 Å². The number of nitrogens with one attached hydrogen (secondary N) is 1. The van der Waals surface area contributed by atoms with Crippen molar-refractivity contribution < 1.29 is 27.5 Å². The van der Waals surface area contributed by atoms with Crippen LogP contribution in [0.1, 0.15) is 11.3 Å². The van der Waals surface area contributed by atoms with E-state index >= 15 is 0 Å². The van der Waals surface area contributed by atoms with Crippen LogP contribution < -0.4 is 5.32 Å². The SMILES string of the molecule is Cc1cc2ccccc2n1CC(=O)OCC(=O)Nc1ncc(C(F)(F)F)cc1Cl. The number of fused-ring (bicyclic) bond motifs is 1. The Balaban J connectivity index is 1.58. The van der Waals surface area contributed by atoms with Crippen LogP contribution in [0, 0.1) is 6.92 Å². The molecule has 2 heterocycles. The molecule has 0 aliphatic carbocycles. The van der Waals surface area contributed by atoms with E-state index in [1.54, 1.807) is 4.57 Å². The molecule has 6 nitrogen and oxygen atoms in total. The van der Waals surface area contributed by atoms with Gasteiger partial charge in [0.2, 0.25) is 0 Å². The van der Waals surface area contributed by atoms with Crippen LogP contribution in [0.15, 0.2) is 42.6 Å². The molecule has 0 saturated heterocycles. The molecule has 2 aromatic heterocycles. The Hall–Kier alpha value is -3.07. The molecule has 1 N–H and O–H groups in total. The fourth-order valence-corrected chi connectivity index (χ4v) is 2.95. The number of aromatic nitrogens is 2. The highest BCUT2D eigenvalue weighted by Gasteiger charge is 2.31. The number of carbonyl (C=O) groups excluding carboxylic acids is 2. The Morgan fingerprint density at radius 1 is 1.24 bits per heavy atom. The molecule has 0 unspecified atom stereocenters. The van der Waals surface area contributed by atoms with E-state index in [1.165, 1.54) is 0 Å². The van der Waals surface area contributed by atoms with E-state index in [-0.39, 0.29) is 17.4 Å². The number of hydrogen-bond donors (Lipinski definition) is 1. The van der Waals surface area contributed by atoms with Gasteiger partial charge in [0.05, 0.1) is 10.6 Å². The number of para-hydroxylation sites is 1. The van der Waals surface area contributed by atoms with E-state index in [2.05, 4.69) is 10.3 Å². The summed E-state index contributed by atoms with van der Waals surface area (Å²) in [5.41, 5.74) is 0.668. The second kappa shape index (κ2) is 8.12. The number of aryl methyl sites for hydroxylation is 1. The minimum atomic E-state index is -4.60. The van der Waals surface area contributed by atoms with Crippen LogP contribution in [-0.2, 0) is 27.0 Å². The van der Waals surface area contributed by atoms with Crippen LogP contribution in [0.5, 0.6) is 0 Å². The summed E-state index contributed by atoms with van der Waals surface area (Å²) in [5.74, 6) is -1.68. The Morgan fingerprint density at radius 3 is 2.66 bits per heavy atom. The normalized spacial score (nSPS) is 11.5. The predicted octanol–water partition coefficient (Wildman–Crippen LogP) is 4.20. The highest BCUT2D eigenvalue weighted by molar-refractivity contribution is 6.33. The van der Waals surface area contributed by atoms with E-state index in [4.69, 9.17) is 16.3 Å². The van der Waals surface area contributed by atoms with Gasteiger partial charge in [-0.3, -0.25) is 9.59 Å². The van der Waals surface area contributed by atoms with Crippen LogP contribution in [-0.4, -0.2) is 28.0 Å². The van der Waals surface area contributed by atoms with Crippen LogP contribution in [0.2, 0.25) is 5.02 Å². The summed E-state index contributed by atoms with van der Waals surface area (Å²) < 4.78 is 44.5. The first kappa shape index (κ1) is 20.7. The minimum Gasteiger partial charge on any atom is -0.454 e. The fraction of sp³-hybridized carbons (Fsp3) is 0.211. The lowest BCUT2D eigenvalue weighted by molar-refractivity contribution is -0.147. The molecule has 1 amide bonds. The van der Waals surface area contributed by atoms with Gasteiger partial charge >= 0.3 is 12.1 Å². The lowest BCUT2D eigenvalue weighted by Crippen LogP contribution is -2.23. The van der Waals surface area contributed by atoms with Gasteiger partial charge in [-0.2, -0.15) is 13.2 Å². The first-order chi connectivity index (χ1) is 13.6. The van der Waals surface area contributed by atoms with Crippen molar-refractivity contribution in [2.45, 2.75) is 19.6 Å². The summed E-state index contributed by atoms with van der Waals surface area (Å²) in [5, 5.41) is 2.80. The molecular weight excluding hydrogens is 411 g/mol. The zero-order chi connectivity index (χ0) is 21.2. The number of amides is 1. The number of ether oxygens (including phenoxy) is 1. The molecule has 1 aromatic carbocycles. The highest BCUT2D eigenvalue weighted by Crippen LogP contribution is 2.32. The molecule has 0 fully saturated rings. The summed E-state index contributed by atoms with van der Waals surface area (Å²) in [6.45, 7) is 1.13. The van der Waals surface area contributed by atoms with Gasteiger partial charge in [-0.15, -0.1) is 0 Å². The van der Waals surface area contributed by atoms with Crippen LogP contribution >= 0.6 is 11.6 Å². The summed E-state index contributed by atoms with van der Waals surface area (Å²) in [7, 11) is 0. The number of halogens is 4. The summed E-state index contributed by atoms with van der Waals surface area (Å²) in [6, 6.07) is 10.1. The first-order valence-corrected chi connectivity index (χ1v) is 8.76. The topological polar surface area (TPSA) is 73.2 Å². The maximum Gasteiger partial charge on any atom is 0.417 e. The van der Waals surface area contributed by atoms with Gasteiger partial charge in [-0.25, -0.2) is 4.98 Å². The Morgan fingerprint density at radius 2 is 1.97 bits per heavy atom. The number of rotatable bonds is 5. The van der Waals surface area contributed by atoms with Crippen molar-refractivity contribution in [3.05, 3.63) is 58.9 Å². The van der Waals surface area contributed by atoms with Crippen molar-refractivity contribution in [3.8, 4) is 0 Å². The van der Waals surface area contributed by atoms with Crippen LogP contribution in [0.25, 0.3) is 10.9 Å². The standard InChI is InChI=1S/C19H15ClF3N3O3/c1-11-6-12-4-2-3-5-15(12)26(11)9-17(28)29-10-16(27)25-18-14(20)7-13(8-24-18)19(21,22)23/h2-8H,9-10H2,1H3,(H,24,25,27). The summed E-state index contributed by atoms with van der Waals surface area (Å²) in [6.07, 6.45) is -4.05. The Bertz CT molecular complexity index is 1080. The van der Waals surface area contributed by atoms with Crippen molar-refractivity contribution in [1.82, 2.24) is 9.55 Å². The van der Waals surface area contributed by atoms with E-state index < -0.39 is 30.2 Å². The number of anilines is 1. The number of carbonyl (C=O) groups is 2. The van der Waals surface area contributed by atoms with E-state index in [0.29, 0.717) is 12.3 Å². The molecule has 152 valence electrons. The van der Waals surface area contributed by atoms with E-state index in [9.17, 15) is 22.8 Å². The van der Waals surface area contributed by atoms with Crippen LogP contribution in [0.3, 0.4) is 0 Å². The fourth-order valence-electron chi connectivity index (χ4n) is 2.73. The molecule has 0 aliphatic rings. The lowest BCUT2D eigenvalue weighted by Gasteiger charge is -2.11. The zero-order valence-electron chi connectivity index (χ0n) is 15.1. The second-order valence-electron chi connectivity index (χ2n) is 6.19. The molecule has 29 heavy (non-hydrogen) atoms. The van der Waals surface area contributed by atoms with Gasteiger partial charge in [0.15, 0.2) is 12.4 Å². The molecule has 3 rings (SSSR count). The number of hydrogen-bond acceptors (Lipinski definition) is 4. The molecule has 10 heteroatoms. The number of alkyl halides is 3. The van der Waals surface area contributed by atoms with Crippen molar-refractivity contribution in [2.24, 2.45) is 0 Å². The molecule has 0 atom stereocenters. The average molecular weight is 426 g/mol. The molecule has 0 radical (unpaired) electrons. The third-order valence-electron chi connectivity index (χ3n) is 4.10. The van der Waals surface area contributed by atoms with Crippen molar-refractivity contribution >= 4 is 40.2 Å². The van der Waals surface area contributed by atoms with Gasteiger partial charge in [0.1, 0.15) is 6.54 Å². The molecule has 0 bridgehead atoms. The van der Waals surface area contributed by atoms with E-state index in [0.717, 1.165) is 16.6 Å². The quantitative estimate of drug-likeness (QED) is 0.622. The molecule has 0 spiro atoms. The van der Waals surface area contributed by atoms with Gasteiger partial charge < -0.3 is 14.6 Å². The number of esters is 1. The zero-order valence-corrected chi connectivity index (χ0v) is 15.8. The maximum absolute atomic E-state index is 12.6. The Labute approximate surface area is 168 Å². The maximum atomic E-state index is 12.6. The first-order valence-electron chi connectivity index (χ1n) is 8.38. The highest BCUT2D eigenvalue weighted by atomic mass is 35.5. The number of pyridine rings is 1. The van der Waals surface area contributed by atoms with Crippen LogP contribution in [0.4, 0.5) is 19.0 Å². The second-order valence-corrected chi connectivity index (χ2v) is 6.60. The largest absolute Gasteiger partial charge is 0.454 e. The van der Waals surface area contributed by atoms with Gasteiger partial charge in [-0.05, 0) is 30.5 Å². The van der Waals surface area contributed by atoms with Gasteiger partial charge in [0, 0.05) is 17.4 Å². The Kier molecular flexibility index (Phi) is 5.78. The number of nitrogens with zero attached hydrogens (tertiary/aromatic N) is 2. The average Bonchev–Trinajstić information content (AvgIpc) is 2.96. The van der Waals surface area contributed by atoms with Crippen molar-refractivity contribution in [1.29, 1.82) is 0 Å². The number of benzene rings is 1. The third-order valence-corrected chi connectivity index (χ3v) is 4.38. The molecule has 0 saturated carbocycles. The molecular formula is C19H15ClF3N3O3. The summed E-state index contributed by atoms with van der Waals surface area (Å²) in [4.78, 5) is 27.5. The lowest BCUT2D eigenvalue weighted by atomic mass is 10.2. The third kappa shape index (κ3) is 4.86.